The summed E-state index contributed by atoms with van der Waals surface area (Å²) in [6, 6.07) is 0. The van der Waals surface area contributed by atoms with E-state index >= 15 is 0 Å². The van der Waals surface area contributed by atoms with Crippen molar-refractivity contribution in [3.63, 3.8) is 0 Å². The second-order valence-corrected chi connectivity index (χ2v) is 13.2. The minimum atomic E-state index is -2.74. The topological polar surface area (TPSA) is 52.6 Å². The Morgan fingerprint density at radius 1 is 1.12 bits per heavy atom. The highest BCUT2D eigenvalue weighted by Crippen LogP contribution is 2.23. The zero-order chi connectivity index (χ0) is 13.0. The lowest BCUT2D eigenvalue weighted by Gasteiger charge is -2.30. The van der Waals surface area contributed by atoms with Gasteiger partial charge in [-0.25, -0.2) is 0 Å². The van der Waals surface area contributed by atoms with Gasteiger partial charge in [-0.2, -0.15) is 0 Å². The van der Waals surface area contributed by atoms with Gasteiger partial charge in [-0.05, 0) is 0 Å². The van der Waals surface area contributed by atoms with E-state index in [1.165, 1.54) is 13.8 Å². The maximum absolute atomic E-state index is 11.0. The van der Waals surface area contributed by atoms with Gasteiger partial charge in [0.15, 0.2) is 0 Å². The fourth-order valence-electron chi connectivity index (χ4n) is 1.60. The van der Waals surface area contributed by atoms with E-state index in [1.54, 1.807) is 6.55 Å². The van der Waals surface area contributed by atoms with Crippen molar-refractivity contribution in [3.05, 3.63) is 12.3 Å². The molecule has 0 rings (SSSR count). The van der Waals surface area contributed by atoms with Crippen molar-refractivity contribution in [2.45, 2.75) is 39.2 Å². The monoisotopic (exact) mass is 260 g/mol. The normalized spacial score (nSPS) is 11.8. The van der Waals surface area contributed by atoms with Gasteiger partial charge in [-0.3, -0.25) is 9.59 Å². The molecular weight excluding hydrogens is 240 g/mol. The van der Waals surface area contributed by atoms with Crippen molar-refractivity contribution in [3.8, 4) is 0 Å². The van der Waals surface area contributed by atoms with E-state index in [4.69, 9.17) is 8.85 Å². The second-order valence-electron chi connectivity index (χ2n) is 4.69. The SMILES string of the molecule is C=C[Si](C)(C)C[Si](C)(OC(C)=O)OC(C)=O. The summed E-state index contributed by atoms with van der Waals surface area (Å²) >= 11 is 0. The molecule has 4 nitrogen and oxygen atoms in total. The molecule has 0 aromatic heterocycles. The van der Waals surface area contributed by atoms with Crippen LogP contribution in [-0.2, 0) is 18.4 Å². The van der Waals surface area contributed by atoms with Crippen LogP contribution < -0.4 is 0 Å². The largest absolute Gasteiger partial charge is 0.485 e. The zero-order valence-corrected chi connectivity index (χ0v) is 12.6. The molecule has 0 aromatic rings. The van der Waals surface area contributed by atoms with Gasteiger partial charge in [0.25, 0.3) is 11.9 Å². The summed E-state index contributed by atoms with van der Waals surface area (Å²) < 4.78 is 10.5. The van der Waals surface area contributed by atoms with Crippen molar-refractivity contribution in [2.24, 2.45) is 0 Å². The van der Waals surface area contributed by atoms with Crippen LogP contribution in [0.15, 0.2) is 12.3 Å². The highest BCUT2D eigenvalue weighted by molar-refractivity contribution is 6.94. The molecule has 0 spiro atoms. The fourth-order valence-corrected chi connectivity index (χ4v) is 10.6. The van der Waals surface area contributed by atoms with Crippen molar-refractivity contribution >= 4 is 28.6 Å². The first-order valence-corrected chi connectivity index (χ1v) is 10.9. The molecule has 0 aliphatic carbocycles. The molecule has 6 heteroatoms. The van der Waals surface area contributed by atoms with Crippen molar-refractivity contribution in [1.82, 2.24) is 0 Å². The number of carbonyl (C=O) groups is 2. The van der Waals surface area contributed by atoms with E-state index in [2.05, 4.69) is 19.7 Å². The van der Waals surface area contributed by atoms with E-state index in [0.29, 0.717) is 5.67 Å². The van der Waals surface area contributed by atoms with Crippen LogP contribution in [0.3, 0.4) is 0 Å². The quantitative estimate of drug-likeness (QED) is 0.711. The van der Waals surface area contributed by atoms with Crippen LogP contribution in [-0.4, -0.2) is 28.6 Å². The summed E-state index contributed by atoms with van der Waals surface area (Å²) in [4.78, 5) is 22.1. The van der Waals surface area contributed by atoms with Crippen LogP contribution in [0.25, 0.3) is 0 Å². The minimum Gasteiger partial charge on any atom is -0.485 e. The highest BCUT2D eigenvalue weighted by atomic mass is 28.4. The third kappa shape index (κ3) is 5.87. The Morgan fingerprint density at radius 2 is 1.50 bits per heavy atom. The van der Waals surface area contributed by atoms with Gasteiger partial charge < -0.3 is 8.85 Å². The lowest BCUT2D eigenvalue weighted by Crippen LogP contribution is -2.48. The second kappa shape index (κ2) is 5.44. The molecule has 0 fully saturated rings. The molecule has 0 aromatic carbocycles. The Morgan fingerprint density at radius 3 is 1.75 bits per heavy atom. The van der Waals surface area contributed by atoms with Gasteiger partial charge in [0.2, 0.25) is 0 Å². The third-order valence-corrected chi connectivity index (χ3v) is 10.8. The average molecular weight is 260 g/mol. The zero-order valence-electron chi connectivity index (χ0n) is 10.6. The molecule has 16 heavy (non-hydrogen) atoms. The first kappa shape index (κ1) is 15.1. The highest BCUT2D eigenvalue weighted by Gasteiger charge is 2.43. The Balaban J connectivity index is 4.85. The van der Waals surface area contributed by atoms with Crippen LogP contribution in [0.1, 0.15) is 13.8 Å². The molecule has 0 saturated carbocycles. The van der Waals surface area contributed by atoms with Crippen molar-refractivity contribution in [2.75, 3.05) is 0 Å². The van der Waals surface area contributed by atoms with Gasteiger partial charge in [-0.1, -0.05) is 13.1 Å². The van der Waals surface area contributed by atoms with Crippen LogP contribution >= 0.6 is 0 Å². The van der Waals surface area contributed by atoms with Crippen LogP contribution in [0.4, 0.5) is 0 Å². The van der Waals surface area contributed by atoms with Crippen molar-refractivity contribution in [1.29, 1.82) is 0 Å². The van der Waals surface area contributed by atoms with E-state index in [9.17, 15) is 9.59 Å². The maximum atomic E-state index is 11.0. The van der Waals surface area contributed by atoms with Gasteiger partial charge in [0.1, 0.15) is 0 Å². The molecule has 0 bridgehead atoms. The summed E-state index contributed by atoms with van der Waals surface area (Å²) in [7, 11) is -4.42. The molecular formula is C10H20O4Si2. The van der Waals surface area contributed by atoms with Gasteiger partial charge in [-0.15, -0.1) is 12.3 Å². The predicted octanol–water partition coefficient (Wildman–Crippen LogP) is 2.16. The van der Waals surface area contributed by atoms with E-state index < -0.39 is 28.6 Å². The number of hydrogen-bond acceptors (Lipinski definition) is 4. The fraction of sp³-hybridized carbons (Fsp3) is 0.600. The molecule has 0 N–H and O–H groups in total. The first-order chi connectivity index (χ1) is 7.10. The molecule has 0 aliphatic rings. The van der Waals surface area contributed by atoms with Crippen LogP contribution in [0.2, 0.25) is 25.3 Å². The van der Waals surface area contributed by atoms with Crippen LogP contribution in [0.5, 0.6) is 0 Å². The Bertz CT molecular complexity index is 283. The maximum Gasteiger partial charge on any atom is 0.458 e. The summed E-state index contributed by atoms with van der Waals surface area (Å²) in [6.45, 7) is 12.4. The molecule has 0 unspecified atom stereocenters. The summed E-state index contributed by atoms with van der Waals surface area (Å²) in [5, 5.41) is 0. The standard InChI is InChI=1S/C10H20O4Si2/c1-7-15(4,5)8-16(6,13-9(2)11)14-10(3)12/h7H,1,8H2,2-6H3. The summed E-state index contributed by atoms with van der Waals surface area (Å²) in [6.07, 6.45) is 0. The average Bonchev–Trinajstić information content (AvgIpc) is 1.98. The third-order valence-electron chi connectivity index (χ3n) is 2.05. The Kier molecular flexibility index (Phi) is 5.14. The molecule has 0 atom stereocenters. The lowest BCUT2D eigenvalue weighted by molar-refractivity contribution is -0.138. The van der Waals surface area contributed by atoms with Gasteiger partial charge >= 0.3 is 8.56 Å². The number of carbonyl (C=O) groups excluding carboxylic acids is 2. The Hall–Kier alpha value is -0.886. The molecule has 0 saturated heterocycles. The van der Waals surface area contributed by atoms with E-state index in [-0.39, 0.29) is 0 Å². The van der Waals surface area contributed by atoms with Gasteiger partial charge in [0.05, 0.1) is 8.07 Å². The van der Waals surface area contributed by atoms with Crippen molar-refractivity contribution < 1.29 is 18.4 Å². The predicted molar refractivity (Wildman–Crippen MR) is 67.6 cm³/mol. The first-order valence-electron chi connectivity index (χ1n) is 5.13. The van der Waals surface area contributed by atoms with E-state index in [0.717, 1.165) is 0 Å². The lowest BCUT2D eigenvalue weighted by atomic mass is 10.9. The Labute approximate surface area is 98.9 Å². The molecule has 0 amide bonds. The summed E-state index contributed by atoms with van der Waals surface area (Å²) in [5.74, 6) is -0.798. The molecule has 0 radical (unpaired) electrons. The smallest absolute Gasteiger partial charge is 0.458 e. The number of hydrogen-bond donors (Lipinski definition) is 0. The molecule has 0 aliphatic heterocycles. The van der Waals surface area contributed by atoms with Crippen LogP contribution in [0, 0.1) is 0 Å². The molecule has 92 valence electrons. The van der Waals surface area contributed by atoms with Gasteiger partial charge in [0, 0.05) is 26.1 Å². The van der Waals surface area contributed by atoms with E-state index in [1.807, 2.05) is 5.70 Å². The molecule has 0 heterocycles. The minimum absolute atomic E-state index is 0.399. The summed E-state index contributed by atoms with van der Waals surface area (Å²) in [5.41, 5.74) is 2.55. The number of rotatable bonds is 5.